The van der Waals surface area contributed by atoms with E-state index in [2.05, 4.69) is 0 Å². The Morgan fingerprint density at radius 3 is 2.07 bits per heavy atom. The van der Waals surface area contributed by atoms with Gasteiger partial charge in [-0.25, -0.2) is 8.42 Å². The van der Waals surface area contributed by atoms with Gasteiger partial charge < -0.3 is 10.0 Å². The van der Waals surface area contributed by atoms with Gasteiger partial charge in [-0.2, -0.15) is 0 Å². The van der Waals surface area contributed by atoms with Crippen molar-refractivity contribution < 1.29 is 18.5 Å². The second kappa shape index (κ2) is 4.12. The molecule has 0 spiro atoms. The van der Waals surface area contributed by atoms with E-state index in [1.807, 2.05) is 0 Å². The molecule has 6 heteroatoms. The summed E-state index contributed by atoms with van der Waals surface area (Å²) in [4.78, 5) is 0.230. The molecule has 0 unspecified atom stereocenters. The van der Waals surface area contributed by atoms with Gasteiger partial charge in [0.25, 0.3) is 0 Å². The van der Waals surface area contributed by atoms with E-state index in [-0.39, 0.29) is 11.2 Å². The summed E-state index contributed by atoms with van der Waals surface area (Å²) in [5, 5.41) is 17.3. The normalized spacial score (nSPS) is 11.4. The van der Waals surface area contributed by atoms with E-state index >= 15 is 0 Å². The number of hydrogen-bond donors (Lipinski definition) is 2. The van der Waals surface area contributed by atoms with Gasteiger partial charge in [-0.15, -0.1) is 0 Å². The molecule has 0 radical (unpaired) electrons. The zero-order valence-electron chi connectivity index (χ0n) is 7.71. The van der Waals surface area contributed by atoms with Crippen LogP contribution in [-0.4, -0.2) is 31.8 Å². The Morgan fingerprint density at radius 2 is 1.71 bits per heavy atom. The lowest BCUT2D eigenvalue weighted by molar-refractivity contribution is 0.405. The summed E-state index contributed by atoms with van der Waals surface area (Å²) in [5.74, 6) is 0. The van der Waals surface area contributed by atoms with E-state index < -0.39 is 17.0 Å². The Bertz CT molecular complexity index is 396. The van der Waals surface area contributed by atoms with Gasteiger partial charge in [0.2, 0.25) is 0 Å². The summed E-state index contributed by atoms with van der Waals surface area (Å²) in [5.41, 5.74) is 0.687. The van der Waals surface area contributed by atoms with Crippen molar-refractivity contribution in [3.8, 4) is 0 Å². The van der Waals surface area contributed by atoms with E-state index in [0.29, 0.717) is 5.56 Å². The van der Waals surface area contributed by atoms with Crippen LogP contribution in [0.1, 0.15) is 5.56 Å². The van der Waals surface area contributed by atoms with Gasteiger partial charge in [0, 0.05) is 12.6 Å². The van der Waals surface area contributed by atoms with E-state index in [4.69, 9.17) is 10.0 Å². The van der Waals surface area contributed by atoms with Crippen molar-refractivity contribution in [1.29, 1.82) is 0 Å². The Hall–Kier alpha value is -0.845. The first-order valence-corrected chi connectivity index (χ1v) is 5.94. The van der Waals surface area contributed by atoms with Gasteiger partial charge in [-0.3, -0.25) is 0 Å². The fraction of sp³-hybridized carbons (Fsp3) is 0.250. The van der Waals surface area contributed by atoms with Crippen LogP contribution in [0.25, 0.3) is 0 Å². The van der Waals surface area contributed by atoms with Crippen LogP contribution < -0.4 is 0 Å². The highest BCUT2D eigenvalue weighted by Gasteiger charge is 2.10. The van der Waals surface area contributed by atoms with Crippen molar-refractivity contribution in [1.82, 2.24) is 0 Å². The minimum Gasteiger partial charge on any atom is -0.427 e. The summed E-state index contributed by atoms with van der Waals surface area (Å²) in [6, 6.07) is 6.03. The first-order chi connectivity index (χ1) is 6.39. The first kappa shape index (κ1) is 11.2. The molecule has 0 aromatic heterocycles. The highest BCUT2D eigenvalue weighted by atomic mass is 32.2. The van der Waals surface area contributed by atoms with Crippen molar-refractivity contribution in [2.24, 2.45) is 0 Å². The first-order valence-electron chi connectivity index (χ1n) is 4.05. The van der Waals surface area contributed by atoms with Crippen LogP contribution in [0.15, 0.2) is 29.2 Å². The molecule has 1 aromatic carbocycles. The average molecular weight is 214 g/mol. The third-order valence-corrected chi connectivity index (χ3v) is 2.90. The second-order valence-corrected chi connectivity index (χ2v) is 5.12. The monoisotopic (exact) mass is 214 g/mol. The van der Waals surface area contributed by atoms with Gasteiger partial charge in [0.05, 0.1) is 4.90 Å². The Labute approximate surface area is 83.3 Å². The van der Waals surface area contributed by atoms with Crippen LogP contribution in [0, 0.1) is 0 Å². The molecule has 76 valence electrons. The van der Waals surface area contributed by atoms with E-state index in [1.54, 1.807) is 12.1 Å². The van der Waals surface area contributed by atoms with Gasteiger partial charge in [-0.1, -0.05) is 12.1 Å². The molecule has 0 aliphatic heterocycles. The van der Waals surface area contributed by atoms with Crippen LogP contribution >= 0.6 is 0 Å². The lowest BCUT2D eigenvalue weighted by Gasteiger charge is -2.01. The maximum absolute atomic E-state index is 11.1. The van der Waals surface area contributed by atoms with Crippen molar-refractivity contribution in [3.63, 3.8) is 0 Å². The largest absolute Gasteiger partial charge is 0.456 e. The van der Waals surface area contributed by atoms with Crippen LogP contribution in [0.2, 0.25) is 0 Å². The van der Waals surface area contributed by atoms with Crippen LogP contribution in [0.3, 0.4) is 0 Å². The lowest BCUT2D eigenvalue weighted by atomic mass is 9.82. The van der Waals surface area contributed by atoms with Crippen molar-refractivity contribution >= 4 is 17.0 Å². The predicted molar refractivity (Wildman–Crippen MR) is 53.4 cm³/mol. The van der Waals surface area contributed by atoms with Crippen LogP contribution in [-0.2, 0) is 16.2 Å². The average Bonchev–Trinajstić information content (AvgIpc) is 2.02. The molecule has 0 aliphatic rings. The zero-order chi connectivity index (χ0) is 10.8. The van der Waals surface area contributed by atoms with Crippen molar-refractivity contribution in [3.05, 3.63) is 29.8 Å². The number of benzene rings is 1. The van der Waals surface area contributed by atoms with E-state index in [1.165, 1.54) is 12.1 Å². The SMILES string of the molecule is CS(=O)(=O)c1ccc(CB(O)O)cc1. The molecule has 1 aromatic rings. The predicted octanol–water partition coefficient (Wildman–Crippen LogP) is -0.355. The Morgan fingerprint density at radius 1 is 1.21 bits per heavy atom. The molecule has 2 N–H and O–H groups in total. The molecule has 0 atom stereocenters. The maximum Gasteiger partial charge on any atom is 0.456 e. The van der Waals surface area contributed by atoms with Gasteiger partial charge >= 0.3 is 7.12 Å². The highest BCUT2D eigenvalue weighted by Crippen LogP contribution is 2.10. The molecular formula is C8H11BO4S. The molecule has 0 fully saturated rings. The highest BCUT2D eigenvalue weighted by molar-refractivity contribution is 7.90. The molecule has 0 amide bonds. The van der Waals surface area contributed by atoms with Gasteiger partial charge in [0.1, 0.15) is 0 Å². The van der Waals surface area contributed by atoms with E-state index in [0.717, 1.165) is 6.26 Å². The third-order valence-electron chi connectivity index (χ3n) is 1.77. The maximum atomic E-state index is 11.1. The summed E-state index contributed by atoms with van der Waals surface area (Å²) < 4.78 is 22.1. The number of hydrogen-bond acceptors (Lipinski definition) is 4. The number of rotatable bonds is 3. The molecule has 0 bridgehead atoms. The molecule has 4 nitrogen and oxygen atoms in total. The molecule has 0 aliphatic carbocycles. The van der Waals surface area contributed by atoms with E-state index in [9.17, 15) is 8.42 Å². The Kier molecular flexibility index (Phi) is 3.31. The molecule has 0 saturated carbocycles. The zero-order valence-corrected chi connectivity index (χ0v) is 8.53. The minimum atomic E-state index is -3.17. The molecule has 0 saturated heterocycles. The third kappa shape index (κ3) is 3.14. The summed E-state index contributed by atoms with van der Waals surface area (Å²) in [6.45, 7) is 0. The molecule has 0 heterocycles. The van der Waals surface area contributed by atoms with Crippen LogP contribution in [0.5, 0.6) is 0 Å². The quantitative estimate of drug-likeness (QED) is 0.674. The second-order valence-electron chi connectivity index (χ2n) is 3.10. The lowest BCUT2D eigenvalue weighted by Crippen LogP contribution is -2.15. The van der Waals surface area contributed by atoms with Crippen molar-refractivity contribution in [2.45, 2.75) is 11.2 Å². The van der Waals surface area contributed by atoms with Crippen molar-refractivity contribution in [2.75, 3.05) is 6.26 Å². The summed E-state index contributed by atoms with van der Waals surface area (Å²) in [7, 11) is -4.58. The molecule has 1 rings (SSSR count). The topological polar surface area (TPSA) is 74.6 Å². The number of sulfone groups is 1. The molecular weight excluding hydrogens is 203 g/mol. The summed E-state index contributed by atoms with van der Waals surface area (Å²) in [6.07, 6.45) is 1.23. The van der Waals surface area contributed by atoms with Crippen LogP contribution in [0.4, 0.5) is 0 Å². The Balaban J connectivity index is 2.90. The molecule has 14 heavy (non-hydrogen) atoms. The van der Waals surface area contributed by atoms with Gasteiger partial charge in [-0.05, 0) is 17.7 Å². The smallest absolute Gasteiger partial charge is 0.427 e. The fourth-order valence-corrected chi connectivity index (χ4v) is 1.71. The van der Waals surface area contributed by atoms with Gasteiger partial charge in [0.15, 0.2) is 9.84 Å². The standard InChI is InChI=1S/C8H11BO4S/c1-14(12,13)8-4-2-7(3-5-8)6-9(10)11/h2-5,10-11H,6H2,1H3. The summed E-state index contributed by atoms with van der Waals surface area (Å²) >= 11 is 0. The minimum absolute atomic E-state index is 0.101. The fourth-order valence-electron chi connectivity index (χ4n) is 1.08.